The molecular weight excluding hydrogens is 298 g/mol. The van der Waals surface area contributed by atoms with E-state index < -0.39 is 39.7 Å². The summed E-state index contributed by atoms with van der Waals surface area (Å²) in [7, 11) is -4.83. The molecule has 0 saturated heterocycles. The molecule has 20 heavy (non-hydrogen) atoms. The van der Waals surface area contributed by atoms with E-state index in [0.29, 0.717) is 0 Å². The normalized spacial score (nSPS) is 14.8. The maximum absolute atomic E-state index is 10.8. The summed E-state index contributed by atoms with van der Waals surface area (Å²) in [6.45, 7) is -0.828. The van der Waals surface area contributed by atoms with Gasteiger partial charge in [-0.2, -0.15) is 4.58 Å². The lowest BCUT2D eigenvalue weighted by Gasteiger charge is -2.17. The van der Waals surface area contributed by atoms with E-state index in [0.717, 1.165) is 0 Å². The van der Waals surface area contributed by atoms with Gasteiger partial charge < -0.3 is 35.0 Å². The molecule has 0 rings (SSSR count). The number of carboxylic acids is 2. The average molecular weight is 315 g/mol. The fourth-order valence-corrected chi connectivity index (χ4v) is 1.34. The highest BCUT2D eigenvalue weighted by molar-refractivity contribution is 6.48. The van der Waals surface area contributed by atoms with Crippen LogP contribution in [0.15, 0.2) is 0 Å². The Labute approximate surface area is 114 Å². The molecule has 0 aromatic carbocycles. The van der Waals surface area contributed by atoms with Gasteiger partial charge in [-0.3, -0.25) is 9.59 Å². The van der Waals surface area contributed by atoms with Crippen LogP contribution >= 0.6 is 0 Å². The van der Waals surface area contributed by atoms with Crippen LogP contribution in [0.4, 0.5) is 0 Å². The summed E-state index contributed by atoms with van der Waals surface area (Å²) in [4.78, 5) is 50.5. The Morgan fingerprint density at radius 2 is 1.80 bits per heavy atom. The second kappa shape index (κ2) is 8.93. The molecule has 0 heterocycles. The highest BCUT2D eigenvalue weighted by Gasteiger charge is 2.33. The Kier molecular flexibility index (Phi) is 8.43. The van der Waals surface area contributed by atoms with Gasteiger partial charge in [-0.1, -0.05) is 0 Å². The van der Waals surface area contributed by atoms with Crippen LogP contribution in [-0.2, 0) is 19.1 Å². The fourth-order valence-electron chi connectivity index (χ4n) is 1.11. The van der Waals surface area contributed by atoms with E-state index in [-0.39, 0.29) is 19.4 Å². The quantitative estimate of drug-likeness (QED) is 0.114. The maximum atomic E-state index is 10.8. The molecule has 0 bridgehead atoms. The van der Waals surface area contributed by atoms with E-state index in [9.17, 15) is 14.7 Å². The van der Waals surface area contributed by atoms with Gasteiger partial charge >= 0.3 is 21.0 Å². The number of aliphatic hydroxyl groups excluding tert-OH is 1. The molecule has 118 valence electrons. The van der Waals surface area contributed by atoms with Crippen molar-refractivity contribution >= 4 is 21.0 Å². The molecular formula is C8H17NO10Si. The predicted molar refractivity (Wildman–Crippen MR) is 61.8 cm³/mol. The summed E-state index contributed by atoms with van der Waals surface area (Å²) in [6.07, 6.45) is -1.79. The molecule has 0 radical (unpaired) electrons. The third-order valence-corrected chi connectivity index (χ3v) is 2.32. The van der Waals surface area contributed by atoms with Crippen molar-refractivity contribution in [3.05, 3.63) is 0 Å². The lowest BCUT2D eigenvalue weighted by molar-refractivity contribution is -0.272. The smallest absolute Gasteiger partial charge is 0.481 e. The van der Waals surface area contributed by atoms with Crippen molar-refractivity contribution in [2.24, 2.45) is 0 Å². The molecule has 0 aliphatic heterocycles. The molecule has 0 fully saturated rings. The molecule has 0 aliphatic rings. The second-order valence-corrected chi connectivity index (χ2v) is 5.14. The molecule has 0 aliphatic carbocycles. The molecule has 0 saturated carbocycles. The zero-order valence-corrected chi connectivity index (χ0v) is 11.3. The SMILES string of the molecule is O=C(O)CCC(NCC(O)COO[Si](O)(O)O)C(=O)O. The van der Waals surface area contributed by atoms with E-state index >= 15 is 0 Å². The lowest BCUT2D eigenvalue weighted by atomic mass is 10.1. The molecule has 0 aromatic rings. The summed E-state index contributed by atoms with van der Waals surface area (Å²) >= 11 is 0. The minimum atomic E-state index is -4.83. The summed E-state index contributed by atoms with van der Waals surface area (Å²) in [5.74, 6) is -2.42. The van der Waals surface area contributed by atoms with Crippen molar-refractivity contribution in [3.8, 4) is 0 Å². The van der Waals surface area contributed by atoms with Gasteiger partial charge in [-0.15, -0.1) is 0 Å². The average Bonchev–Trinajstić information content (AvgIpc) is 2.26. The van der Waals surface area contributed by atoms with Gasteiger partial charge in [0.05, 0.1) is 6.10 Å². The summed E-state index contributed by atoms with van der Waals surface area (Å²) in [5, 5.41) is 29.0. The zero-order chi connectivity index (χ0) is 15.8. The molecule has 7 N–H and O–H groups in total. The zero-order valence-electron chi connectivity index (χ0n) is 10.3. The van der Waals surface area contributed by atoms with Crippen molar-refractivity contribution in [2.75, 3.05) is 13.2 Å². The first-order chi connectivity index (χ1) is 9.11. The number of carbonyl (C=O) groups is 2. The highest BCUT2D eigenvalue weighted by Crippen LogP contribution is 1.99. The van der Waals surface area contributed by atoms with Crippen molar-refractivity contribution in [2.45, 2.75) is 25.0 Å². The lowest BCUT2D eigenvalue weighted by Crippen LogP contribution is -2.43. The van der Waals surface area contributed by atoms with Gasteiger partial charge in [0.1, 0.15) is 12.6 Å². The van der Waals surface area contributed by atoms with Gasteiger partial charge in [0.2, 0.25) is 0 Å². The Bertz CT molecular complexity index is 319. The topological polar surface area (TPSA) is 186 Å². The minimum absolute atomic E-state index is 0.172. The monoisotopic (exact) mass is 315 g/mol. The van der Waals surface area contributed by atoms with Crippen LogP contribution in [0.5, 0.6) is 0 Å². The predicted octanol–water partition coefficient (Wildman–Crippen LogP) is -3.38. The van der Waals surface area contributed by atoms with Gasteiger partial charge in [-0.25, -0.2) is 4.89 Å². The molecule has 2 atom stereocenters. The molecule has 0 spiro atoms. The second-order valence-electron chi connectivity index (χ2n) is 3.83. The Balaban J connectivity index is 3.96. The third kappa shape index (κ3) is 10.8. The van der Waals surface area contributed by atoms with E-state index in [1.54, 1.807) is 0 Å². The Morgan fingerprint density at radius 1 is 1.20 bits per heavy atom. The first kappa shape index (κ1) is 18.9. The first-order valence-electron chi connectivity index (χ1n) is 5.45. The fraction of sp³-hybridized carbons (Fsp3) is 0.750. The van der Waals surface area contributed by atoms with E-state index in [1.165, 1.54) is 0 Å². The van der Waals surface area contributed by atoms with Crippen LogP contribution in [0, 0.1) is 0 Å². The first-order valence-corrected chi connectivity index (χ1v) is 7.20. The molecule has 2 unspecified atom stereocenters. The van der Waals surface area contributed by atoms with Crippen molar-refractivity contribution in [3.63, 3.8) is 0 Å². The van der Waals surface area contributed by atoms with Crippen molar-refractivity contribution in [1.29, 1.82) is 0 Å². The van der Waals surface area contributed by atoms with Crippen LogP contribution < -0.4 is 5.32 Å². The molecule has 0 amide bonds. The number of nitrogens with one attached hydrogen (secondary N) is 1. The van der Waals surface area contributed by atoms with Gasteiger partial charge in [0.25, 0.3) is 0 Å². The van der Waals surface area contributed by atoms with E-state index in [1.807, 2.05) is 0 Å². The number of aliphatic carboxylic acids is 2. The number of hydrogen-bond acceptors (Lipinski definition) is 9. The highest BCUT2D eigenvalue weighted by atomic mass is 28.4. The summed E-state index contributed by atoms with van der Waals surface area (Å²) in [6, 6.07) is -1.16. The van der Waals surface area contributed by atoms with Crippen LogP contribution in [0.1, 0.15) is 12.8 Å². The number of carboxylic acid groups (broad SMARTS) is 2. The largest absolute Gasteiger partial charge is 0.699 e. The van der Waals surface area contributed by atoms with Crippen LogP contribution in [-0.4, -0.2) is 76.0 Å². The van der Waals surface area contributed by atoms with Crippen LogP contribution in [0.25, 0.3) is 0 Å². The standard InChI is InChI=1S/C8H17NO10Si/c10-5(4-18-19-20(15,16)17)3-9-6(8(13)14)1-2-7(11)12/h5-6,9-10,15-17H,1-4H2,(H,11,12)(H,13,14). The molecule has 0 aromatic heterocycles. The van der Waals surface area contributed by atoms with E-state index in [4.69, 9.17) is 24.6 Å². The Morgan fingerprint density at radius 3 is 2.25 bits per heavy atom. The molecule has 11 nitrogen and oxygen atoms in total. The van der Waals surface area contributed by atoms with Crippen molar-refractivity contribution in [1.82, 2.24) is 5.32 Å². The molecule has 12 heteroatoms. The van der Waals surface area contributed by atoms with Crippen LogP contribution in [0.3, 0.4) is 0 Å². The van der Waals surface area contributed by atoms with Crippen LogP contribution in [0.2, 0.25) is 0 Å². The Hall–Kier alpha value is -1.12. The number of hydrogen-bond donors (Lipinski definition) is 7. The summed E-state index contributed by atoms with van der Waals surface area (Å²) < 4.78 is 3.76. The van der Waals surface area contributed by atoms with Gasteiger partial charge in [0, 0.05) is 13.0 Å². The van der Waals surface area contributed by atoms with E-state index in [2.05, 4.69) is 14.8 Å². The van der Waals surface area contributed by atoms with Gasteiger partial charge in [-0.05, 0) is 6.42 Å². The summed E-state index contributed by atoms with van der Waals surface area (Å²) in [5.41, 5.74) is 0. The minimum Gasteiger partial charge on any atom is -0.481 e. The number of aliphatic hydroxyl groups is 1. The third-order valence-electron chi connectivity index (χ3n) is 1.98. The van der Waals surface area contributed by atoms with Crippen molar-refractivity contribution < 1.29 is 48.8 Å². The van der Waals surface area contributed by atoms with Gasteiger partial charge in [0.15, 0.2) is 0 Å². The maximum Gasteiger partial charge on any atom is 0.699 e. The number of rotatable bonds is 11.